The van der Waals surface area contributed by atoms with Crippen LogP contribution in [0.5, 0.6) is 5.75 Å². The average Bonchev–Trinajstić information content (AvgIpc) is 3.53. The summed E-state index contributed by atoms with van der Waals surface area (Å²) in [7, 11) is 0. The van der Waals surface area contributed by atoms with Gasteiger partial charge in [0.15, 0.2) is 5.78 Å². The molecule has 7 nitrogen and oxygen atoms in total. The van der Waals surface area contributed by atoms with Crippen LogP contribution in [0.4, 0.5) is 4.39 Å². The molecule has 3 aromatic rings. The van der Waals surface area contributed by atoms with Crippen LogP contribution in [-0.4, -0.2) is 44.3 Å². The fraction of sp³-hybridized carbons (Fsp3) is 0.370. The summed E-state index contributed by atoms with van der Waals surface area (Å²) < 4.78 is 15.9. The molecule has 1 saturated carbocycles. The van der Waals surface area contributed by atoms with Gasteiger partial charge in [0.25, 0.3) is 0 Å². The van der Waals surface area contributed by atoms with E-state index in [4.69, 9.17) is 11.6 Å². The first-order valence-electron chi connectivity index (χ1n) is 12.1. The normalized spacial score (nSPS) is 21.1. The Labute approximate surface area is 212 Å². The van der Waals surface area contributed by atoms with Crippen LogP contribution in [-0.2, 0) is 22.7 Å². The van der Waals surface area contributed by atoms with Crippen molar-refractivity contribution in [2.24, 2.45) is 5.92 Å². The molecule has 0 spiro atoms. The molecule has 2 amide bonds. The SMILES string of the molecule is CC(=O)c1cn(CC(=O)N2C(C(=O)NCc3cccc(Cl)c3F)CC3CCCC32)c2cc(O)ccc12. The minimum absolute atomic E-state index is 0.0103. The number of nitrogens with one attached hydrogen (secondary N) is 1. The Morgan fingerprint density at radius 2 is 2.00 bits per heavy atom. The van der Waals surface area contributed by atoms with Crippen molar-refractivity contribution in [3.63, 3.8) is 0 Å². The standard InChI is InChI=1S/C27H27ClFN3O4/c1-15(33)20-13-31(23-11-18(34)8-9-19(20)23)14-25(35)32-22-7-3-4-16(22)10-24(32)27(36)30-12-17-5-2-6-21(28)26(17)29/h2,5-6,8-9,11,13,16,22,24,34H,3-4,7,10,12,14H2,1H3,(H,30,36). The lowest BCUT2D eigenvalue weighted by Crippen LogP contribution is -2.49. The molecule has 2 aliphatic rings. The van der Waals surface area contributed by atoms with Crippen LogP contribution in [0.1, 0.15) is 48.5 Å². The molecule has 1 aromatic heterocycles. The fourth-order valence-corrected chi connectivity index (χ4v) is 5.98. The Hall–Kier alpha value is -3.39. The second kappa shape index (κ2) is 9.58. The highest BCUT2D eigenvalue weighted by atomic mass is 35.5. The maximum absolute atomic E-state index is 14.3. The summed E-state index contributed by atoms with van der Waals surface area (Å²) in [6.07, 6.45) is 4.97. The minimum atomic E-state index is -0.655. The average molecular weight is 512 g/mol. The largest absolute Gasteiger partial charge is 0.508 e. The van der Waals surface area contributed by atoms with Gasteiger partial charge < -0.3 is 19.9 Å². The van der Waals surface area contributed by atoms with Crippen LogP contribution in [0.25, 0.3) is 10.9 Å². The monoisotopic (exact) mass is 511 g/mol. The Morgan fingerprint density at radius 3 is 2.78 bits per heavy atom. The first-order valence-corrected chi connectivity index (χ1v) is 12.5. The maximum Gasteiger partial charge on any atom is 0.243 e. The van der Waals surface area contributed by atoms with Crippen LogP contribution in [0.3, 0.4) is 0 Å². The zero-order chi connectivity index (χ0) is 25.6. The summed E-state index contributed by atoms with van der Waals surface area (Å²) in [4.78, 5) is 40.7. The number of fused-ring (bicyclic) bond motifs is 2. The van der Waals surface area contributed by atoms with Crippen LogP contribution >= 0.6 is 11.6 Å². The summed E-state index contributed by atoms with van der Waals surface area (Å²) in [6, 6.07) is 8.65. The molecule has 1 saturated heterocycles. The third-order valence-electron chi connectivity index (χ3n) is 7.46. The summed E-state index contributed by atoms with van der Waals surface area (Å²) in [5.74, 6) is -0.984. The van der Waals surface area contributed by atoms with Gasteiger partial charge in [-0.1, -0.05) is 30.2 Å². The second-order valence-corrected chi connectivity index (χ2v) is 10.1. The number of amides is 2. The Morgan fingerprint density at radius 1 is 1.19 bits per heavy atom. The zero-order valence-corrected chi connectivity index (χ0v) is 20.6. The molecule has 2 aromatic carbocycles. The molecule has 2 N–H and O–H groups in total. The van der Waals surface area contributed by atoms with E-state index in [-0.39, 0.29) is 59.0 Å². The number of Topliss-reactive ketones (excluding diaryl/α,β-unsaturated/α-hetero) is 1. The van der Waals surface area contributed by atoms with Crippen LogP contribution < -0.4 is 5.32 Å². The van der Waals surface area contributed by atoms with Crippen molar-refractivity contribution in [3.05, 3.63) is 64.6 Å². The highest BCUT2D eigenvalue weighted by Crippen LogP contribution is 2.41. The molecule has 9 heteroatoms. The summed E-state index contributed by atoms with van der Waals surface area (Å²) in [5.41, 5.74) is 1.33. The number of carbonyl (C=O) groups excluding carboxylic acids is 3. The maximum atomic E-state index is 14.3. The molecular formula is C27H27ClFN3O4. The van der Waals surface area contributed by atoms with E-state index in [1.807, 2.05) is 0 Å². The van der Waals surface area contributed by atoms with Crippen molar-refractivity contribution >= 4 is 40.1 Å². The van der Waals surface area contributed by atoms with E-state index in [9.17, 15) is 23.9 Å². The zero-order valence-electron chi connectivity index (χ0n) is 19.8. The molecule has 3 atom stereocenters. The number of phenols is 1. The minimum Gasteiger partial charge on any atom is -0.508 e. The highest BCUT2D eigenvalue weighted by molar-refractivity contribution is 6.30. The summed E-state index contributed by atoms with van der Waals surface area (Å²) in [6.45, 7) is 1.37. The molecule has 0 bridgehead atoms. The number of carbonyl (C=O) groups is 3. The van der Waals surface area contributed by atoms with Crippen LogP contribution in [0.2, 0.25) is 5.02 Å². The molecule has 2 fully saturated rings. The van der Waals surface area contributed by atoms with Crippen molar-refractivity contribution in [3.8, 4) is 5.75 Å². The van der Waals surface area contributed by atoms with E-state index < -0.39 is 11.9 Å². The Kier molecular flexibility index (Phi) is 6.47. The van der Waals surface area contributed by atoms with Gasteiger partial charge in [-0.2, -0.15) is 0 Å². The second-order valence-electron chi connectivity index (χ2n) is 9.67. The van der Waals surface area contributed by atoms with Gasteiger partial charge in [0.05, 0.1) is 10.5 Å². The molecule has 3 unspecified atom stereocenters. The molecule has 5 rings (SSSR count). The Balaban J connectivity index is 1.39. The first kappa shape index (κ1) is 24.3. The predicted molar refractivity (Wildman–Crippen MR) is 133 cm³/mol. The number of ketones is 1. The quantitative estimate of drug-likeness (QED) is 0.479. The Bertz CT molecular complexity index is 1370. The molecule has 2 heterocycles. The van der Waals surface area contributed by atoms with Crippen molar-refractivity contribution in [1.29, 1.82) is 0 Å². The van der Waals surface area contributed by atoms with Crippen molar-refractivity contribution < 1.29 is 23.9 Å². The summed E-state index contributed by atoms with van der Waals surface area (Å²) in [5, 5.41) is 13.4. The molecule has 1 aliphatic heterocycles. The smallest absolute Gasteiger partial charge is 0.243 e. The van der Waals surface area contributed by atoms with E-state index in [0.29, 0.717) is 22.9 Å². The van der Waals surface area contributed by atoms with Gasteiger partial charge in [-0.25, -0.2) is 4.39 Å². The van der Waals surface area contributed by atoms with Gasteiger partial charge in [0.1, 0.15) is 24.2 Å². The highest BCUT2D eigenvalue weighted by Gasteiger charge is 2.48. The van der Waals surface area contributed by atoms with E-state index in [0.717, 1.165) is 19.3 Å². The van der Waals surface area contributed by atoms with Gasteiger partial charge in [0, 0.05) is 41.4 Å². The molecule has 188 valence electrons. The van der Waals surface area contributed by atoms with E-state index in [1.165, 1.54) is 25.1 Å². The van der Waals surface area contributed by atoms with Crippen molar-refractivity contribution in [2.75, 3.05) is 0 Å². The third-order valence-corrected chi connectivity index (χ3v) is 7.76. The van der Waals surface area contributed by atoms with Gasteiger partial charge in [0.2, 0.25) is 11.8 Å². The fourth-order valence-electron chi connectivity index (χ4n) is 5.79. The third kappa shape index (κ3) is 4.34. The van der Waals surface area contributed by atoms with Crippen LogP contribution in [0, 0.1) is 11.7 Å². The number of hydrogen-bond acceptors (Lipinski definition) is 4. The molecule has 0 radical (unpaired) electrons. The van der Waals surface area contributed by atoms with Gasteiger partial charge >= 0.3 is 0 Å². The number of nitrogens with zero attached hydrogens (tertiary/aromatic N) is 2. The van der Waals surface area contributed by atoms with E-state index in [2.05, 4.69) is 5.32 Å². The first-order chi connectivity index (χ1) is 17.2. The number of aromatic nitrogens is 1. The summed E-state index contributed by atoms with van der Waals surface area (Å²) >= 11 is 5.86. The van der Waals surface area contributed by atoms with Crippen LogP contribution in [0.15, 0.2) is 42.6 Å². The molecule has 1 aliphatic carbocycles. The van der Waals surface area contributed by atoms with Gasteiger partial charge in [-0.05, 0) is 50.3 Å². The predicted octanol–water partition coefficient (Wildman–Crippen LogP) is 4.43. The lowest BCUT2D eigenvalue weighted by atomic mass is 10.0. The van der Waals surface area contributed by atoms with Crippen molar-refractivity contribution in [2.45, 2.75) is 57.8 Å². The van der Waals surface area contributed by atoms with Gasteiger partial charge in [-0.3, -0.25) is 14.4 Å². The number of phenolic OH excluding ortho intramolecular Hbond substituents is 1. The lowest BCUT2D eigenvalue weighted by Gasteiger charge is -2.29. The number of aromatic hydroxyl groups is 1. The number of halogens is 2. The van der Waals surface area contributed by atoms with E-state index in [1.54, 1.807) is 33.9 Å². The van der Waals surface area contributed by atoms with Crippen molar-refractivity contribution in [1.82, 2.24) is 14.8 Å². The topological polar surface area (TPSA) is 91.6 Å². The number of hydrogen-bond donors (Lipinski definition) is 2. The molecular weight excluding hydrogens is 485 g/mol. The van der Waals surface area contributed by atoms with E-state index >= 15 is 0 Å². The number of benzene rings is 2. The van der Waals surface area contributed by atoms with Gasteiger partial charge in [-0.15, -0.1) is 0 Å². The number of likely N-dealkylation sites (tertiary alicyclic amines) is 1. The number of rotatable bonds is 6. The molecule has 36 heavy (non-hydrogen) atoms. The lowest BCUT2D eigenvalue weighted by molar-refractivity contribution is -0.141.